The average Bonchev–Trinajstić information content (AvgIpc) is 2.03. The van der Waals surface area contributed by atoms with E-state index in [1.54, 1.807) is 0 Å². The number of carbonyl (C=O) groups is 2. The Kier molecular flexibility index (Phi) is 5.92. The van der Waals surface area contributed by atoms with Crippen LogP contribution >= 0.6 is 0 Å². The normalized spacial score (nSPS) is 10.4. The van der Waals surface area contributed by atoms with Crippen LogP contribution in [0.15, 0.2) is 0 Å². The Morgan fingerprint density at radius 2 is 1.36 bits per heavy atom. The van der Waals surface area contributed by atoms with E-state index in [0.717, 1.165) is 12.8 Å². The van der Waals surface area contributed by atoms with Crippen LogP contribution in [0.3, 0.4) is 0 Å². The van der Waals surface area contributed by atoms with Crippen LogP contribution < -0.4 is 0 Å². The molecule has 0 aliphatic heterocycles. The van der Waals surface area contributed by atoms with Gasteiger partial charge in [-0.3, -0.25) is 9.59 Å². The molecule has 0 bridgehead atoms. The molecule has 0 aromatic carbocycles. The quantitative estimate of drug-likeness (QED) is 0.504. The Labute approximate surface area is 84.6 Å². The second-order valence-corrected chi connectivity index (χ2v) is 3.16. The third kappa shape index (κ3) is 4.84. The van der Waals surface area contributed by atoms with Crippen LogP contribution in [0.4, 0.5) is 0 Å². The van der Waals surface area contributed by atoms with E-state index >= 15 is 0 Å². The number of ether oxygens (including phenoxy) is 2. The first kappa shape index (κ1) is 12.9. The van der Waals surface area contributed by atoms with E-state index in [9.17, 15) is 9.59 Å². The van der Waals surface area contributed by atoms with Gasteiger partial charge in [-0.05, 0) is 12.8 Å². The minimum atomic E-state index is -0.736. The van der Waals surface area contributed by atoms with Crippen molar-refractivity contribution in [1.82, 2.24) is 0 Å². The number of hydrogen-bond donors (Lipinski definition) is 0. The highest BCUT2D eigenvalue weighted by atomic mass is 16.7. The Morgan fingerprint density at radius 1 is 1.00 bits per heavy atom. The molecule has 0 aromatic heterocycles. The van der Waals surface area contributed by atoms with E-state index in [1.807, 2.05) is 13.8 Å². The maximum absolute atomic E-state index is 10.8. The van der Waals surface area contributed by atoms with Crippen molar-refractivity contribution in [3.05, 3.63) is 0 Å². The van der Waals surface area contributed by atoms with Crippen LogP contribution in [-0.2, 0) is 19.1 Å². The lowest BCUT2D eigenvalue weighted by atomic mass is 10.0. The molecule has 0 heterocycles. The van der Waals surface area contributed by atoms with Crippen molar-refractivity contribution in [3.8, 4) is 0 Å². The van der Waals surface area contributed by atoms with Gasteiger partial charge in [-0.25, -0.2) is 0 Å². The molecule has 0 aromatic rings. The summed E-state index contributed by atoms with van der Waals surface area (Å²) < 4.78 is 9.85. The van der Waals surface area contributed by atoms with Crippen LogP contribution in [0.5, 0.6) is 0 Å². The van der Waals surface area contributed by atoms with Gasteiger partial charge in [-0.2, -0.15) is 0 Å². The molecule has 0 aliphatic carbocycles. The van der Waals surface area contributed by atoms with E-state index < -0.39 is 18.2 Å². The van der Waals surface area contributed by atoms with Crippen LogP contribution in [0.2, 0.25) is 0 Å². The molecule has 0 spiro atoms. The topological polar surface area (TPSA) is 52.6 Å². The number of hydrogen-bond acceptors (Lipinski definition) is 4. The zero-order valence-electron chi connectivity index (χ0n) is 9.20. The summed E-state index contributed by atoms with van der Waals surface area (Å²) in [6.07, 6.45) is 0.878. The summed E-state index contributed by atoms with van der Waals surface area (Å²) in [5.74, 6) is -0.783. The minimum absolute atomic E-state index is 0.0720. The molecule has 0 aliphatic rings. The fourth-order valence-electron chi connectivity index (χ4n) is 1.22. The smallest absolute Gasteiger partial charge is 0.305 e. The first-order valence-corrected chi connectivity index (χ1v) is 4.85. The van der Waals surface area contributed by atoms with Crippen molar-refractivity contribution in [2.45, 2.75) is 46.8 Å². The second-order valence-electron chi connectivity index (χ2n) is 3.16. The van der Waals surface area contributed by atoms with Crippen molar-refractivity contribution in [2.24, 2.45) is 5.92 Å². The van der Waals surface area contributed by atoms with Crippen LogP contribution in [0.25, 0.3) is 0 Å². The maximum atomic E-state index is 10.8. The highest BCUT2D eigenvalue weighted by Crippen LogP contribution is 2.17. The molecule has 0 atom stereocenters. The standard InChI is InChI=1S/C10H18O4/c1-5-9(6-2)10(13-7(3)11)14-8(4)12/h9-10H,5-6H2,1-4H3. The molecule has 14 heavy (non-hydrogen) atoms. The molecule has 0 saturated carbocycles. The van der Waals surface area contributed by atoms with Crippen LogP contribution in [0.1, 0.15) is 40.5 Å². The summed E-state index contributed by atoms with van der Waals surface area (Å²) in [7, 11) is 0. The Hall–Kier alpha value is -1.06. The third-order valence-corrected chi connectivity index (χ3v) is 2.00. The molecule has 82 valence electrons. The molecule has 0 amide bonds. The summed E-state index contributed by atoms with van der Waals surface area (Å²) in [5, 5.41) is 0. The molecular weight excluding hydrogens is 184 g/mol. The molecule has 4 nitrogen and oxygen atoms in total. The summed E-state index contributed by atoms with van der Waals surface area (Å²) in [5.41, 5.74) is 0. The van der Waals surface area contributed by atoms with Gasteiger partial charge in [0, 0.05) is 19.8 Å². The van der Waals surface area contributed by atoms with Crippen molar-refractivity contribution < 1.29 is 19.1 Å². The Bertz CT molecular complexity index is 180. The lowest BCUT2D eigenvalue weighted by Gasteiger charge is -2.23. The van der Waals surface area contributed by atoms with E-state index in [0.29, 0.717) is 0 Å². The van der Waals surface area contributed by atoms with Crippen LogP contribution in [0, 0.1) is 5.92 Å². The van der Waals surface area contributed by atoms with Crippen molar-refractivity contribution >= 4 is 11.9 Å². The number of carbonyl (C=O) groups excluding carboxylic acids is 2. The molecule has 0 N–H and O–H groups in total. The van der Waals surface area contributed by atoms with Gasteiger partial charge in [-0.15, -0.1) is 0 Å². The second kappa shape index (κ2) is 6.40. The lowest BCUT2D eigenvalue weighted by Crippen LogP contribution is -2.30. The first-order valence-electron chi connectivity index (χ1n) is 4.85. The van der Waals surface area contributed by atoms with E-state index in [1.165, 1.54) is 13.8 Å². The molecular formula is C10H18O4. The van der Waals surface area contributed by atoms with Crippen molar-refractivity contribution in [1.29, 1.82) is 0 Å². The summed E-state index contributed by atoms with van der Waals surface area (Å²) in [4.78, 5) is 21.5. The van der Waals surface area contributed by atoms with Crippen molar-refractivity contribution in [2.75, 3.05) is 0 Å². The number of rotatable bonds is 5. The van der Waals surface area contributed by atoms with Gasteiger partial charge < -0.3 is 9.47 Å². The van der Waals surface area contributed by atoms with Gasteiger partial charge in [-0.1, -0.05) is 13.8 Å². The van der Waals surface area contributed by atoms with E-state index in [4.69, 9.17) is 9.47 Å². The van der Waals surface area contributed by atoms with Gasteiger partial charge in [0.15, 0.2) is 0 Å². The summed E-state index contributed by atoms with van der Waals surface area (Å²) in [6, 6.07) is 0. The maximum Gasteiger partial charge on any atom is 0.305 e. The van der Waals surface area contributed by atoms with Gasteiger partial charge in [0.05, 0.1) is 0 Å². The highest BCUT2D eigenvalue weighted by molar-refractivity contribution is 5.68. The molecule has 0 rings (SSSR count). The van der Waals surface area contributed by atoms with E-state index in [2.05, 4.69) is 0 Å². The van der Waals surface area contributed by atoms with E-state index in [-0.39, 0.29) is 5.92 Å². The highest BCUT2D eigenvalue weighted by Gasteiger charge is 2.23. The molecule has 4 heteroatoms. The molecule has 0 radical (unpaired) electrons. The third-order valence-electron chi connectivity index (χ3n) is 2.00. The fraction of sp³-hybridized carbons (Fsp3) is 0.800. The fourth-order valence-corrected chi connectivity index (χ4v) is 1.22. The first-order chi connectivity index (χ1) is 6.51. The van der Waals surface area contributed by atoms with Gasteiger partial charge >= 0.3 is 11.9 Å². The Morgan fingerprint density at radius 3 is 1.57 bits per heavy atom. The average molecular weight is 202 g/mol. The number of esters is 2. The predicted molar refractivity (Wildman–Crippen MR) is 51.4 cm³/mol. The largest absolute Gasteiger partial charge is 0.425 e. The van der Waals surface area contributed by atoms with Gasteiger partial charge in [0.2, 0.25) is 6.29 Å². The predicted octanol–water partition coefficient (Wildman–Crippen LogP) is 1.87. The van der Waals surface area contributed by atoms with Gasteiger partial charge in [0.25, 0.3) is 0 Å². The molecule has 0 saturated heterocycles. The SMILES string of the molecule is CCC(CC)C(OC(C)=O)OC(C)=O. The molecule has 0 unspecified atom stereocenters. The summed E-state index contributed by atoms with van der Waals surface area (Å²) >= 11 is 0. The van der Waals surface area contributed by atoms with Gasteiger partial charge in [0.1, 0.15) is 0 Å². The monoisotopic (exact) mass is 202 g/mol. The van der Waals surface area contributed by atoms with Crippen molar-refractivity contribution in [3.63, 3.8) is 0 Å². The summed E-state index contributed by atoms with van der Waals surface area (Å²) in [6.45, 7) is 6.54. The van der Waals surface area contributed by atoms with Crippen LogP contribution in [-0.4, -0.2) is 18.2 Å². The Balaban J connectivity index is 4.35. The zero-order valence-corrected chi connectivity index (χ0v) is 9.20. The lowest BCUT2D eigenvalue weighted by molar-refractivity contribution is -0.195. The molecule has 0 fully saturated rings. The minimum Gasteiger partial charge on any atom is -0.425 e. The zero-order chi connectivity index (χ0) is 11.1.